The van der Waals surface area contributed by atoms with Crippen molar-refractivity contribution in [2.24, 2.45) is 0 Å². The third kappa shape index (κ3) is 3.07. The fourth-order valence-corrected chi connectivity index (χ4v) is 2.73. The van der Waals surface area contributed by atoms with E-state index in [1.54, 1.807) is 18.2 Å². The number of rotatable bonds is 3. The number of carbonyl (C=O) groups excluding carboxylic acids is 1. The molecule has 0 saturated heterocycles. The molecule has 0 aliphatic heterocycles. The van der Waals surface area contributed by atoms with E-state index in [1.807, 2.05) is 24.3 Å². The van der Waals surface area contributed by atoms with Crippen molar-refractivity contribution in [1.82, 2.24) is 5.32 Å². The maximum absolute atomic E-state index is 13.1. The fourth-order valence-electron chi connectivity index (χ4n) is 2.73. The summed E-state index contributed by atoms with van der Waals surface area (Å²) in [6.07, 6.45) is 2.81. The quantitative estimate of drug-likeness (QED) is 0.856. The van der Waals surface area contributed by atoms with Gasteiger partial charge >= 0.3 is 0 Å². The molecule has 0 saturated carbocycles. The molecule has 1 aliphatic rings. The molecule has 1 amide bonds. The third-order valence-corrected chi connectivity index (χ3v) is 3.78. The van der Waals surface area contributed by atoms with Gasteiger partial charge in [0, 0.05) is 12.5 Å². The molecular weight excluding hydrogens is 281 g/mol. The van der Waals surface area contributed by atoms with Gasteiger partial charge in [0.15, 0.2) is 0 Å². The number of nitrogens with one attached hydrogen (secondary N) is 1. The van der Waals surface area contributed by atoms with Crippen molar-refractivity contribution in [1.29, 1.82) is 0 Å². The van der Waals surface area contributed by atoms with Crippen LogP contribution in [0, 0.1) is 5.82 Å². The largest absolute Gasteiger partial charge is 0.390 e. The molecule has 3 nitrogen and oxygen atoms in total. The van der Waals surface area contributed by atoms with Crippen LogP contribution in [0.2, 0.25) is 0 Å². The Morgan fingerprint density at radius 2 is 2.05 bits per heavy atom. The van der Waals surface area contributed by atoms with Gasteiger partial charge in [-0.05, 0) is 34.9 Å². The minimum absolute atomic E-state index is 0.315. The minimum atomic E-state index is -0.621. The maximum Gasteiger partial charge on any atom is 0.244 e. The van der Waals surface area contributed by atoms with Gasteiger partial charge in [0.1, 0.15) is 5.82 Å². The number of aliphatic hydroxyl groups is 1. The van der Waals surface area contributed by atoms with Crippen molar-refractivity contribution < 1.29 is 14.3 Å². The van der Waals surface area contributed by atoms with Crippen molar-refractivity contribution in [3.05, 3.63) is 77.1 Å². The highest BCUT2D eigenvalue weighted by Crippen LogP contribution is 2.31. The first-order valence-electron chi connectivity index (χ1n) is 7.13. The number of aliphatic hydroxyl groups excluding tert-OH is 1. The van der Waals surface area contributed by atoms with Crippen LogP contribution >= 0.6 is 0 Å². The zero-order valence-corrected chi connectivity index (χ0v) is 11.9. The van der Waals surface area contributed by atoms with E-state index in [1.165, 1.54) is 18.2 Å². The highest BCUT2D eigenvalue weighted by atomic mass is 19.1. The van der Waals surface area contributed by atoms with E-state index in [2.05, 4.69) is 5.32 Å². The van der Waals surface area contributed by atoms with Gasteiger partial charge in [-0.3, -0.25) is 4.79 Å². The average Bonchev–Trinajstić information content (AvgIpc) is 2.81. The van der Waals surface area contributed by atoms with Crippen LogP contribution in [0.15, 0.2) is 54.6 Å². The Morgan fingerprint density at radius 3 is 2.86 bits per heavy atom. The summed E-state index contributed by atoms with van der Waals surface area (Å²) in [5.41, 5.74) is 2.61. The summed E-state index contributed by atoms with van der Waals surface area (Å²) in [7, 11) is 0. The molecule has 0 fully saturated rings. The van der Waals surface area contributed by atoms with Crippen LogP contribution < -0.4 is 5.32 Å². The number of hydrogen-bond donors (Lipinski definition) is 2. The monoisotopic (exact) mass is 297 g/mol. The van der Waals surface area contributed by atoms with Gasteiger partial charge in [-0.25, -0.2) is 4.39 Å². The standard InChI is InChI=1S/C18H16FNO2/c19-14-6-3-4-12(10-14)8-9-17(22)20-18-15-7-2-1-5-13(15)11-16(18)21/h1-10,16,18,21H,11H2,(H,20,22)/b9-8+. The number of hydrogen-bond acceptors (Lipinski definition) is 2. The Balaban J connectivity index is 1.70. The Bertz CT molecular complexity index is 727. The van der Waals surface area contributed by atoms with Gasteiger partial charge in [0.2, 0.25) is 5.91 Å². The Morgan fingerprint density at radius 1 is 1.23 bits per heavy atom. The van der Waals surface area contributed by atoms with E-state index in [4.69, 9.17) is 0 Å². The van der Waals surface area contributed by atoms with Crippen LogP contribution in [0.3, 0.4) is 0 Å². The third-order valence-electron chi connectivity index (χ3n) is 3.78. The molecular formula is C18H16FNO2. The van der Waals surface area contributed by atoms with Gasteiger partial charge in [-0.15, -0.1) is 0 Å². The molecule has 2 atom stereocenters. The molecule has 2 aromatic rings. The van der Waals surface area contributed by atoms with Gasteiger partial charge in [0.25, 0.3) is 0 Å². The SMILES string of the molecule is O=C(/C=C/c1cccc(F)c1)NC1c2ccccc2CC1O. The zero-order chi connectivity index (χ0) is 15.5. The smallest absolute Gasteiger partial charge is 0.244 e. The lowest BCUT2D eigenvalue weighted by atomic mass is 10.1. The Labute approximate surface area is 128 Å². The summed E-state index contributed by atoms with van der Waals surface area (Å²) in [6.45, 7) is 0. The lowest BCUT2D eigenvalue weighted by Crippen LogP contribution is -2.32. The summed E-state index contributed by atoms with van der Waals surface area (Å²) < 4.78 is 13.1. The summed E-state index contributed by atoms with van der Waals surface area (Å²) >= 11 is 0. The molecule has 22 heavy (non-hydrogen) atoms. The van der Waals surface area contributed by atoms with E-state index in [-0.39, 0.29) is 11.7 Å². The Hall–Kier alpha value is -2.46. The lowest BCUT2D eigenvalue weighted by molar-refractivity contribution is -0.117. The molecule has 4 heteroatoms. The second kappa shape index (κ2) is 6.12. The van der Waals surface area contributed by atoms with Crippen LogP contribution in [0.1, 0.15) is 22.7 Å². The topological polar surface area (TPSA) is 49.3 Å². The molecule has 0 spiro atoms. The summed E-state index contributed by atoms with van der Waals surface area (Å²) in [6, 6.07) is 13.3. The number of carbonyl (C=O) groups is 1. The predicted octanol–water partition coefficient (Wildman–Crippen LogP) is 2.61. The number of amides is 1. The average molecular weight is 297 g/mol. The van der Waals surface area contributed by atoms with Crippen molar-refractivity contribution >= 4 is 12.0 Å². The highest BCUT2D eigenvalue weighted by molar-refractivity contribution is 5.92. The first kappa shape index (κ1) is 14.5. The second-order valence-corrected chi connectivity index (χ2v) is 5.34. The lowest BCUT2D eigenvalue weighted by Gasteiger charge is -2.16. The normalized spacial score (nSPS) is 20.1. The van der Waals surface area contributed by atoms with Crippen LogP contribution in [0.5, 0.6) is 0 Å². The molecule has 3 rings (SSSR count). The van der Waals surface area contributed by atoms with Crippen molar-refractivity contribution in [3.8, 4) is 0 Å². The van der Waals surface area contributed by atoms with E-state index in [0.717, 1.165) is 11.1 Å². The van der Waals surface area contributed by atoms with Gasteiger partial charge in [0.05, 0.1) is 12.1 Å². The zero-order valence-electron chi connectivity index (χ0n) is 11.9. The second-order valence-electron chi connectivity index (χ2n) is 5.34. The number of halogens is 1. The molecule has 0 aromatic heterocycles. The molecule has 0 heterocycles. The van der Waals surface area contributed by atoms with E-state index in [0.29, 0.717) is 12.0 Å². The van der Waals surface area contributed by atoms with Crippen LogP contribution in [0.25, 0.3) is 6.08 Å². The molecule has 0 bridgehead atoms. The van der Waals surface area contributed by atoms with Crippen LogP contribution in [-0.2, 0) is 11.2 Å². The van der Waals surface area contributed by atoms with Gasteiger partial charge < -0.3 is 10.4 Å². The maximum atomic E-state index is 13.1. The number of benzene rings is 2. The van der Waals surface area contributed by atoms with E-state index < -0.39 is 12.1 Å². The summed E-state index contributed by atoms with van der Waals surface area (Å²) in [5, 5.41) is 12.9. The van der Waals surface area contributed by atoms with Crippen molar-refractivity contribution in [3.63, 3.8) is 0 Å². The summed E-state index contributed by atoms with van der Waals surface area (Å²) in [4.78, 5) is 12.0. The van der Waals surface area contributed by atoms with Crippen molar-refractivity contribution in [2.75, 3.05) is 0 Å². The van der Waals surface area contributed by atoms with E-state index in [9.17, 15) is 14.3 Å². The van der Waals surface area contributed by atoms with E-state index >= 15 is 0 Å². The first-order valence-corrected chi connectivity index (χ1v) is 7.13. The molecule has 2 N–H and O–H groups in total. The molecule has 1 aliphatic carbocycles. The molecule has 112 valence electrons. The first-order chi connectivity index (χ1) is 10.6. The van der Waals surface area contributed by atoms with Crippen LogP contribution in [-0.4, -0.2) is 17.1 Å². The molecule has 2 unspecified atom stereocenters. The summed E-state index contributed by atoms with van der Waals surface area (Å²) in [5.74, 6) is -0.660. The fraction of sp³-hybridized carbons (Fsp3) is 0.167. The van der Waals surface area contributed by atoms with Gasteiger partial charge in [-0.1, -0.05) is 36.4 Å². The van der Waals surface area contributed by atoms with Gasteiger partial charge in [-0.2, -0.15) is 0 Å². The van der Waals surface area contributed by atoms with Crippen LogP contribution in [0.4, 0.5) is 4.39 Å². The molecule has 0 radical (unpaired) electrons. The highest BCUT2D eigenvalue weighted by Gasteiger charge is 2.31. The predicted molar refractivity (Wildman–Crippen MR) is 82.5 cm³/mol. The Kier molecular flexibility index (Phi) is 4.02. The minimum Gasteiger partial charge on any atom is -0.390 e. The molecule has 2 aromatic carbocycles. The number of fused-ring (bicyclic) bond motifs is 1. The van der Waals surface area contributed by atoms with Crippen molar-refractivity contribution in [2.45, 2.75) is 18.6 Å².